The van der Waals surface area contributed by atoms with Gasteiger partial charge in [-0.3, -0.25) is 0 Å². The van der Waals surface area contributed by atoms with Gasteiger partial charge in [-0.25, -0.2) is 0 Å². The van der Waals surface area contributed by atoms with Crippen LogP contribution < -0.4 is 15.2 Å². The Balaban J connectivity index is 2.10. The summed E-state index contributed by atoms with van der Waals surface area (Å²) in [6.07, 6.45) is 0.973. The predicted octanol–water partition coefficient (Wildman–Crippen LogP) is 2.62. The Hall–Kier alpha value is -2.00. The molecule has 3 heteroatoms. The third kappa shape index (κ3) is 2.06. The first kappa shape index (κ1) is 12.1. The summed E-state index contributed by atoms with van der Waals surface area (Å²) in [6.45, 7) is 0.542. The predicted molar refractivity (Wildman–Crippen MR) is 75.6 cm³/mol. The largest absolute Gasteiger partial charge is 0.496 e. The molecule has 0 amide bonds. The first-order chi connectivity index (χ1) is 9.33. The number of para-hydroxylation sites is 2. The number of hydrogen-bond acceptors (Lipinski definition) is 3. The van der Waals surface area contributed by atoms with Gasteiger partial charge in [-0.05, 0) is 11.6 Å². The van der Waals surface area contributed by atoms with Gasteiger partial charge in [-0.15, -0.1) is 0 Å². The van der Waals surface area contributed by atoms with Crippen molar-refractivity contribution in [1.29, 1.82) is 0 Å². The molecule has 2 aromatic carbocycles. The Morgan fingerprint density at radius 3 is 2.74 bits per heavy atom. The molecule has 1 unspecified atom stereocenters. The Labute approximate surface area is 113 Å². The number of fused-ring (bicyclic) bond motifs is 1. The van der Waals surface area contributed by atoms with Crippen LogP contribution in [0, 0.1) is 0 Å². The second-order valence-electron chi connectivity index (χ2n) is 4.67. The van der Waals surface area contributed by atoms with Crippen LogP contribution in [-0.2, 0) is 6.42 Å². The monoisotopic (exact) mass is 255 g/mol. The first-order valence-electron chi connectivity index (χ1n) is 6.45. The van der Waals surface area contributed by atoms with Crippen molar-refractivity contribution in [3.63, 3.8) is 0 Å². The highest BCUT2D eigenvalue weighted by molar-refractivity contribution is 5.77. The lowest BCUT2D eigenvalue weighted by molar-refractivity contribution is 0.242. The van der Waals surface area contributed by atoms with Crippen LogP contribution in [0.15, 0.2) is 42.5 Å². The topological polar surface area (TPSA) is 44.5 Å². The minimum atomic E-state index is 0.0888. The summed E-state index contributed by atoms with van der Waals surface area (Å²) >= 11 is 0. The summed E-state index contributed by atoms with van der Waals surface area (Å²) in [7, 11) is 1.69. The summed E-state index contributed by atoms with van der Waals surface area (Å²) in [5.41, 5.74) is 9.06. The van der Waals surface area contributed by atoms with Gasteiger partial charge >= 0.3 is 0 Å². The summed E-state index contributed by atoms with van der Waals surface area (Å²) in [5.74, 6) is 1.80. The van der Waals surface area contributed by atoms with Gasteiger partial charge in [0, 0.05) is 24.1 Å². The molecular weight excluding hydrogens is 238 g/mol. The van der Waals surface area contributed by atoms with E-state index in [2.05, 4.69) is 18.2 Å². The van der Waals surface area contributed by atoms with E-state index in [1.807, 2.05) is 24.3 Å². The number of ether oxygens (including phenoxy) is 2. The molecule has 0 saturated heterocycles. The third-order valence-electron chi connectivity index (χ3n) is 3.49. The van der Waals surface area contributed by atoms with Crippen molar-refractivity contribution in [3.8, 4) is 22.6 Å². The van der Waals surface area contributed by atoms with Gasteiger partial charge in [-0.2, -0.15) is 0 Å². The van der Waals surface area contributed by atoms with Crippen LogP contribution >= 0.6 is 0 Å². The second-order valence-corrected chi connectivity index (χ2v) is 4.67. The summed E-state index contributed by atoms with van der Waals surface area (Å²) < 4.78 is 11.4. The first-order valence-corrected chi connectivity index (χ1v) is 6.45. The smallest absolute Gasteiger partial charge is 0.131 e. The van der Waals surface area contributed by atoms with Crippen molar-refractivity contribution in [2.24, 2.45) is 5.73 Å². The van der Waals surface area contributed by atoms with E-state index < -0.39 is 0 Å². The van der Waals surface area contributed by atoms with Crippen molar-refractivity contribution in [3.05, 3.63) is 48.0 Å². The Kier molecular flexibility index (Phi) is 3.13. The van der Waals surface area contributed by atoms with Crippen LogP contribution in [0.3, 0.4) is 0 Å². The van der Waals surface area contributed by atoms with Gasteiger partial charge in [0.1, 0.15) is 17.6 Å². The Bertz CT molecular complexity index is 595. The lowest BCUT2D eigenvalue weighted by Crippen LogP contribution is -2.24. The summed E-state index contributed by atoms with van der Waals surface area (Å²) in [5, 5.41) is 0. The summed E-state index contributed by atoms with van der Waals surface area (Å²) in [6, 6.07) is 14.2. The van der Waals surface area contributed by atoms with Crippen LogP contribution in [0.2, 0.25) is 0 Å². The number of hydrogen-bond donors (Lipinski definition) is 1. The normalized spacial score (nSPS) is 16.8. The van der Waals surface area contributed by atoms with Crippen molar-refractivity contribution < 1.29 is 9.47 Å². The van der Waals surface area contributed by atoms with Crippen LogP contribution in [0.1, 0.15) is 5.56 Å². The minimum absolute atomic E-state index is 0.0888. The van der Waals surface area contributed by atoms with E-state index in [4.69, 9.17) is 15.2 Å². The standard InChI is InChI=1S/C16H17NO2/c1-18-15-8-3-2-6-13(15)14-7-4-5-11-9-12(10-17)19-16(11)14/h2-8,12H,9-10,17H2,1H3. The number of methoxy groups -OCH3 is 1. The van der Waals surface area contributed by atoms with Crippen molar-refractivity contribution in [2.75, 3.05) is 13.7 Å². The zero-order valence-corrected chi connectivity index (χ0v) is 10.9. The molecule has 1 heterocycles. The maximum absolute atomic E-state index is 5.96. The highest BCUT2D eigenvalue weighted by Crippen LogP contribution is 2.41. The van der Waals surface area contributed by atoms with E-state index in [-0.39, 0.29) is 6.10 Å². The van der Waals surface area contributed by atoms with Gasteiger partial charge < -0.3 is 15.2 Å². The molecule has 19 heavy (non-hydrogen) atoms. The van der Waals surface area contributed by atoms with E-state index in [1.54, 1.807) is 7.11 Å². The van der Waals surface area contributed by atoms with Crippen molar-refractivity contribution >= 4 is 0 Å². The van der Waals surface area contributed by atoms with Crippen LogP contribution in [0.4, 0.5) is 0 Å². The highest BCUT2D eigenvalue weighted by atomic mass is 16.5. The molecule has 0 aromatic heterocycles. The SMILES string of the molecule is COc1ccccc1-c1cccc2c1OC(CN)C2. The lowest BCUT2D eigenvalue weighted by atomic mass is 10.00. The molecule has 0 bridgehead atoms. The van der Waals surface area contributed by atoms with Crippen LogP contribution in [0.5, 0.6) is 11.5 Å². The molecule has 1 atom stereocenters. The van der Waals surface area contributed by atoms with Gasteiger partial charge in [0.2, 0.25) is 0 Å². The molecule has 3 rings (SSSR count). The average Bonchev–Trinajstić information content (AvgIpc) is 2.90. The van der Waals surface area contributed by atoms with Gasteiger partial charge in [-0.1, -0.05) is 36.4 Å². The fraction of sp³-hybridized carbons (Fsp3) is 0.250. The molecule has 2 aromatic rings. The highest BCUT2D eigenvalue weighted by Gasteiger charge is 2.25. The molecule has 0 spiro atoms. The molecule has 1 aliphatic heterocycles. The van der Waals surface area contributed by atoms with Crippen molar-refractivity contribution in [2.45, 2.75) is 12.5 Å². The quantitative estimate of drug-likeness (QED) is 0.917. The molecule has 98 valence electrons. The molecular formula is C16H17NO2. The minimum Gasteiger partial charge on any atom is -0.496 e. The van der Waals surface area contributed by atoms with E-state index in [9.17, 15) is 0 Å². The molecule has 1 aliphatic rings. The average molecular weight is 255 g/mol. The van der Waals surface area contributed by atoms with Gasteiger partial charge in [0.05, 0.1) is 7.11 Å². The van der Waals surface area contributed by atoms with E-state index in [0.717, 1.165) is 29.0 Å². The van der Waals surface area contributed by atoms with E-state index >= 15 is 0 Å². The number of nitrogens with two attached hydrogens (primary N) is 1. The van der Waals surface area contributed by atoms with Crippen molar-refractivity contribution in [1.82, 2.24) is 0 Å². The summed E-state index contributed by atoms with van der Waals surface area (Å²) in [4.78, 5) is 0. The zero-order chi connectivity index (χ0) is 13.2. The Morgan fingerprint density at radius 1 is 1.16 bits per heavy atom. The maximum Gasteiger partial charge on any atom is 0.131 e. The van der Waals surface area contributed by atoms with E-state index in [1.165, 1.54) is 5.56 Å². The molecule has 0 fully saturated rings. The third-order valence-corrected chi connectivity index (χ3v) is 3.49. The van der Waals surface area contributed by atoms with Gasteiger partial charge in [0.25, 0.3) is 0 Å². The van der Waals surface area contributed by atoms with Gasteiger partial charge in [0.15, 0.2) is 0 Å². The molecule has 0 aliphatic carbocycles. The Morgan fingerprint density at radius 2 is 1.95 bits per heavy atom. The second kappa shape index (κ2) is 4.94. The maximum atomic E-state index is 5.96. The fourth-order valence-electron chi connectivity index (χ4n) is 2.55. The fourth-order valence-corrected chi connectivity index (χ4v) is 2.55. The molecule has 2 N–H and O–H groups in total. The molecule has 0 saturated carbocycles. The number of rotatable bonds is 3. The van der Waals surface area contributed by atoms with Crippen LogP contribution in [-0.4, -0.2) is 19.8 Å². The molecule has 3 nitrogen and oxygen atoms in total. The lowest BCUT2D eigenvalue weighted by Gasteiger charge is -2.13. The zero-order valence-electron chi connectivity index (χ0n) is 10.9. The van der Waals surface area contributed by atoms with Crippen LogP contribution in [0.25, 0.3) is 11.1 Å². The molecule has 0 radical (unpaired) electrons. The number of benzene rings is 2. The van der Waals surface area contributed by atoms with E-state index in [0.29, 0.717) is 6.54 Å².